The minimum Gasteiger partial charge on any atom is -0.494 e. The molecule has 1 aromatic carbocycles. The summed E-state index contributed by atoms with van der Waals surface area (Å²) in [5, 5.41) is 3.39. The van der Waals surface area contributed by atoms with Crippen molar-refractivity contribution in [1.29, 1.82) is 0 Å². The van der Waals surface area contributed by atoms with Gasteiger partial charge in [-0.1, -0.05) is 32.0 Å². The number of hydrogen-bond acceptors (Lipinski definition) is 3. The van der Waals surface area contributed by atoms with Gasteiger partial charge in [0.1, 0.15) is 5.75 Å². The number of para-hydroxylation sites is 1. The summed E-state index contributed by atoms with van der Waals surface area (Å²) in [5.41, 5.74) is 1.10. The maximum atomic E-state index is 11.8. The van der Waals surface area contributed by atoms with Gasteiger partial charge in [0.25, 0.3) is 0 Å². The molecule has 0 saturated carbocycles. The zero-order valence-corrected chi connectivity index (χ0v) is 12.3. The molecule has 102 valence electrons. The molecular formula is C14H23NO2S. The van der Waals surface area contributed by atoms with Crippen molar-refractivity contribution >= 4 is 10.8 Å². The van der Waals surface area contributed by atoms with Gasteiger partial charge in [0.05, 0.1) is 6.61 Å². The lowest BCUT2D eigenvalue weighted by Crippen LogP contribution is -2.27. The Bertz CT molecular complexity index is 382. The van der Waals surface area contributed by atoms with E-state index >= 15 is 0 Å². The van der Waals surface area contributed by atoms with Crippen molar-refractivity contribution < 1.29 is 8.95 Å². The van der Waals surface area contributed by atoms with Crippen LogP contribution in [0, 0.1) is 0 Å². The summed E-state index contributed by atoms with van der Waals surface area (Å²) in [7, 11) is -0.789. The molecule has 0 aliphatic carbocycles. The molecule has 0 fully saturated rings. The second-order valence-corrected chi connectivity index (χ2v) is 5.77. The van der Waals surface area contributed by atoms with Crippen molar-refractivity contribution in [3.05, 3.63) is 29.8 Å². The van der Waals surface area contributed by atoms with E-state index < -0.39 is 10.8 Å². The van der Waals surface area contributed by atoms with Crippen molar-refractivity contribution in [3.8, 4) is 5.75 Å². The second-order valence-electron chi connectivity index (χ2n) is 3.98. The number of ether oxygens (including phenoxy) is 1. The fourth-order valence-electron chi connectivity index (χ4n) is 1.86. The van der Waals surface area contributed by atoms with Gasteiger partial charge in [0.15, 0.2) is 0 Å². The van der Waals surface area contributed by atoms with Crippen LogP contribution < -0.4 is 10.1 Å². The van der Waals surface area contributed by atoms with Crippen LogP contribution in [0.4, 0.5) is 0 Å². The zero-order chi connectivity index (χ0) is 13.4. The largest absolute Gasteiger partial charge is 0.494 e. The van der Waals surface area contributed by atoms with Gasteiger partial charge in [0.2, 0.25) is 0 Å². The number of benzene rings is 1. The topological polar surface area (TPSA) is 38.3 Å². The Balaban J connectivity index is 2.93. The van der Waals surface area contributed by atoms with Gasteiger partial charge in [-0.05, 0) is 19.5 Å². The fourth-order valence-corrected chi connectivity index (χ4v) is 2.77. The normalized spacial score (nSPS) is 14.2. The Morgan fingerprint density at radius 2 is 2.00 bits per heavy atom. The van der Waals surface area contributed by atoms with E-state index in [0.29, 0.717) is 18.1 Å². The standard InChI is InChI=1S/C14H23NO2S/c1-4-15-13(11-18(16)6-3)12-9-7-8-10-14(12)17-5-2/h7-10,13,15H,4-6,11H2,1-3H3. The van der Waals surface area contributed by atoms with Crippen LogP contribution in [0.1, 0.15) is 32.4 Å². The number of nitrogens with one attached hydrogen (secondary N) is 1. The van der Waals surface area contributed by atoms with Crippen LogP contribution in [-0.4, -0.2) is 28.9 Å². The van der Waals surface area contributed by atoms with Gasteiger partial charge < -0.3 is 10.1 Å². The molecule has 0 aliphatic rings. The summed E-state index contributed by atoms with van der Waals surface area (Å²) in [6, 6.07) is 8.08. The van der Waals surface area contributed by atoms with Crippen molar-refractivity contribution in [2.45, 2.75) is 26.8 Å². The maximum absolute atomic E-state index is 11.8. The molecular weight excluding hydrogens is 246 g/mol. The van der Waals surface area contributed by atoms with Gasteiger partial charge in [0, 0.05) is 33.9 Å². The fraction of sp³-hybridized carbons (Fsp3) is 0.571. The first-order valence-corrected chi connectivity index (χ1v) is 8.01. The van der Waals surface area contributed by atoms with Gasteiger partial charge in [-0.2, -0.15) is 0 Å². The van der Waals surface area contributed by atoms with Crippen LogP contribution in [0.3, 0.4) is 0 Å². The molecule has 4 heteroatoms. The summed E-state index contributed by atoms with van der Waals surface area (Å²) in [6.07, 6.45) is 0. The van der Waals surface area contributed by atoms with Crippen molar-refractivity contribution in [1.82, 2.24) is 5.32 Å². The third-order valence-electron chi connectivity index (χ3n) is 2.72. The van der Waals surface area contributed by atoms with Gasteiger partial charge in [-0.25, -0.2) is 0 Å². The quantitative estimate of drug-likeness (QED) is 0.788. The Hall–Kier alpha value is -0.870. The second kappa shape index (κ2) is 8.27. The van der Waals surface area contributed by atoms with Crippen LogP contribution in [0.25, 0.3) is 0 Å². The smallest absolute Gasteiger partial charge is 0.124 e. The van der Waals surface area contributed by atoms with E-state index in [0.717, 1.165) is 17.9 Å². The molecule has 0 radical (unpaired) electrons. The highest BCUT2D eigenvalue weighted by molar-refractivity contribution is 7.84. The predicted molar refractivity (Wildman–Crippen MR) is 77.6 cm³/mol. The molecule has 0 spiro atoms. The third kappa shape index (κ3) is 4.42. The minimum atomic E-state index is -0.789. The summed E-state index contributed by atoms with van der Waals surface area (Å²) < 4.78 is 17.4. The molecule has 0 aliphatic heterocycles. The first kappa shape index (κ1) is 15.2. The number of rotatable bonds is 8. The molecule has 0 bridgehead atoms. The molecule has 2 atom stereocenters. The highest BCUT2D eigenvalue weighted by Gasteiger charge is 2.17. The van der Waals surface area contributed by atoms with Crippen molar-refractivity contribution in [2.75, 3.05) is 24.7 Å². The van der Waals surface area contributed by atoms with Crippen LogP contribution in [0.5, 0.6) is 5.75 Å². The number of hydrogen-bond donors (Lipinski definition) is 1. The maximum Gasteiger partial charge on any atom is 0.124 e. The lowest BCUT2D eigenvalue weighted by atomic mass is 10.1. The van der Waals surface area contributed by atoms with Gasteiger partial charge >= 0.3 is 0 Å². The van der Waals surface area contributed by atoms with Crippen molar-refractivity contribution in [2.24, 2.45) is 0 Å². The van der Waals surface area contributed by atoms with E-state index in [1.54, 1.807) is 0 Å². The first-order chi connectivity index (χ1) is 8.72. The zero-order valence-electron chi connectivity index (χ0n) is 11.4. The molecule has 0 heterocycles. The highest BCUT2D eigenvalue weighted by atomic mass is 32.2. The van der Waals surface area contributed by atoms with Crippen LogP contribution >= 0.6 is 0 Å². The van der Waals surface area contributed by atoms with Crippen LogP contribution in [0.15, 0.2) is 24.3 Å². The van der Waals surface area contributed by atoms with E-state index in [4.69, 9.17) is 4.74 Å². The van der Waals surface area contributed by atoms with E-state index in [1.807, 2.05) is 38.1 Å². The molecule has 0 saturated heterocycles. The molecule has 3 nitrogen and oxygen atoms in total. The molecule has 0 aromatic heterocycles. The van der Waals surface area contributed by atoms with Gasteiger partial charge in [-0.15, -0.1) is 0 Å². The SMILES string of the molecule is CCNC(CS(=O)CC)c1ccccc1OCC. The van der Waals surface area contributed by atoms with Crippen LogP contribution in [0.2, 0.25) is 0 Å². The average molecular weight is 269 g/mol. The molecule has 1 rings (SSSR count). The van der Waals surface area contributed by atoms with Crippen molar-refractivity contribution in [3.63, 3.8) is 0 Å². The Labute approximate surface area is 112 Å². The van der Waals surface area contributed by atoms with Crippen LogP contribution in [-0.2, 0) is 10.8 Å². The molecule has 1 aromatic rings. The van der Waals surface area contributed by atoms with Gasteiger partial charge in [-0.3, -0.25) is 4.21 Å². The summed E-state index contributed by atoms with van der Waals surface area (Å²) in [6.45, 7) is 7.49. The lowest BCUT2D eigenvalue weighted by molar-refractivity contribution is 0.333. The summed E-state index contributed by atoms with van der Waals surface area (Å²) >= 11 is 0. The van der Waals surface area contributed by atoms with E-state index in [-0.39, 0.29) is 6.04 Å². The first-order valence-electron chi connectivity index (χ1n) is 6.52. The third-order valence-corrected chi connectivity index (χ3v) is 4.07. The van der Waals surface area contributed by atoms with E-state index in [1.165, 1.54) is 0 Å². The molecule has 2 unspecified atom stereocenters. The highest BCUT2D eigenvalue weighted by Crippen LogP contribution is 2.25. The Morgan fingerprint density at radius 1 is 1.28 bits per heavy atom. The van der Waals surface area contributed by atoms with E-state index in [9.17, 15) is 4.21 Å². The Kier molecular flexibility index (Phi) is 6.98. The molecule has 18 heavy (non-hydrogen) atoms. The predicted octanol–water partition coefficient (Wildman–Crippen LogP) is 2.50. The lowest BCUT2D eigenvalue weighted by Gasteiger charge is -2.20. The summed E-state index contributed by atoms with van der Waals surface area (Å²) in [4.78, 5) is 0. The summed E-state index contributed by atoms with van der Waals surface area (Å²) in [5.74, 6) is 2.21. The Morgan fingerprint density at radius 3 is 2.61 bits per heavy atom. The monoisotopic (exact) mass is 269 g/mol. The molecule has 0 amide bonds. The molecule has 1 N–H and O–H groups in total. The minimum absolute atomic E-state index is 0.0959. The van der Waals surface area contributed by atoms with E-state index in [2.05, 4.69) is 12.2 Å². The average Bonchev–Trinajstić information content (AvgIpc) is 2.39.